The maximum atomic E-state index is 2.84. The van der Waals surface area contributed by atoms with E-state index in [-0.39, 0.29) is 0 Å². The Morgan fingerprint density at radius 1 is 0.783 bits per heavy atom. The molecule has 1 heterocycles. The quantitative estimate of drug-likeness (QED) is 0.601. The molecule has 2 heteroatoms. The molecule has 0 bridgehead atoms. The second-order valence-corrected chi connectivity index (χ2v) is 8.75. The van der Waals surface area contributed by atoms with Gasteiger partial charge in [0.25, 0.3) is 0 Å². The first kappa shape index (κ1) is 15.9. The highest BCUT2D eigenvalue weighted by molar-refractivity contribution is 6.80. The monoisotopic (exact) mass is 305 g/mol. The molecule has 4 rings (SSSR count). The van der Waals surface area contributed by atoms with Gasteiger partial charge in [-0.25, -0.2) is 0 Å². The van der Waals surface area contributed by atoms with E-state index < -0.39 is 0 Å². The zero-order valence-corrected chi connectivity index (χ0v) is 15.3. The van der Waals surface area contributed by atoms with Gasteiger partial charge in [0.2, 0.25) is 0 Å². The molecule has 121 valence electrons. The van der Waals surface area contributed by atoms with Crippen molar-refractivity contribution in [2.75, 3.05) is 0 Å². The fourth-order valence-corrected chi connectivity index (χ4v) is 6.53. The Morgan fingerprint density at radius 3 is 1.78 bits per heavy atom. The SMILES string of the molecule is Cc1cc(C)c(B2C3CCCCC3[B]C3CCCCC23)c(C)c1. The number of benzene rings is 1. The van der Waals surface area contributed by atoms with Gasteiger partial charge in [-0.2, -0.15) is 0 Å². The summed E-state index contributed by atoms with van der Waals surface area (Å²) in [6, 6.07) is 4.88. The number of fused-ring (bicyclic) bond motifs is 2. The van der Waals surface area contributed by atoms with E-state index in [9.17, 15) is 0 Å². The summed E-state index contributed by atoms with van der Waals surface area (Å²) in [5.41, 5.74) is 6.33. The van der Waals surface area contributed by atoms with E-state index in [4.69, 9.17) is 0 Å². The predicted molar refractivity (Wildman–Crippen MR) is 104 cm³/mol. The van der Waals surface area contributed by atoms with Crippen LogP contribution in [0.3, 0.4) is 0 Å². The Balaban J connectivity index is 1.78. The van der Waals surface area contributed by atoms with Crippen LogP contribution in [0.15, 0.2) is 12.1 Å². The summed E-state index contributed by atoms with van der Waals surface area (Å²) in [6.45, 7) is 7.86. The first-order valence-corrected chi connectivity index (χ1v) is 10.1. The van der Waals surface area contributed by atoms with Crippen molar-refractivity contribution in [1.29, 1.82) is 0 Å². The molecule has 0 nitrogen and oxygen atoms in total. The lowest BCUT2D eigenvalue weighted by Crippen LogP contribution is -2.51. The van der Waals surface area contributed by atoms with Crippen molar-refractivity contribution in [3.05, 3.63) is 28.8 Å². The van der Waals surface area contributed by atoms with Gasteiger partial charge in [-0.15, -0.1) is 0 Å². The highest BCUT2D eigenvalue weighted by atomic mass is 14.3. The second kappa shape index (κ2) is 6.34. The summed E-state index contributed by atoms with van der Waals surface area (Å²) >= 11 is 0. The molecule has 4 unspecified atom stereocenters. The first-order valence-electron chi connectivity index (χ1n) is 10.1. The molecule has 0 aromatic heterocycles. The van der Waals surface area contributed by atoms with Crippen LogP contribution in [0.4, 0.5) is 0 Å². The molecule has 1 aromatic rings. The lowest BCUT2D eigenvalue weighted by atomic mass is 9.15. The molecule has 1 saturated heterocycles. The number of aryl methyl sites for hydroxylation is 3. The number of rotatable bonds is 1. The molecule has 1 radical (unpaired) electrons. The third-order valence-corrected chi connectivity index (χ3v) is 7.24. The van der Waals surface area contributed by atoms with Gasteiger partial charge in [0.1, 0.15) is 7.28 Å². The molecule has 3 aliphatic rings. The standard InChI is InChI=1S/C21H31B2/c1-14-12-15(2)21(16(3)13-14)23-19-10-6-4-8-17(19)22-18-9-5-7-11-20(18)23/h12-13,17-20H,4-11H2,1-3H3. The average Bonchev–Trinajstić information content (AvgIpc) is 2.53. The van der Waals surface area contributed by atoms with Crippen molar-refractivity contribution >= 4 is 19.5 Å². The van der Waals surface area contributed by atoms with Crippen LogP contribution in [-0.4, -0.2) is 14.0 Å². The minimum absolute atomic E-state index is 0.844. The maximum absolute atomic E-state index is 2.84. The normalized spacial score (nSPS) is 33.6. The zero-order chi connectivity index (χ0) is 16.0. The molecule has 0 N–H and O–H groups in total. The average molecular weight is 305 g/mol. The molecule has 0 spiro atoms. The molecule has 0 amide bonds. The van der Waals surface area contributed by atoms with E-state index in [2.05, 4.69) is 40.2 Å². The van der Waals surface area contributed by atoms with E-state index in [0.717, 1.165) is 30.0 Å². The molecule has 3 fully saturated rings. The van der Waals surface area contributed by atoms with E-state index in [1.807, 2.05) is 0 Å². The molecule has 2 aliphatic carbocycles. The Morgan fingerprint density at radius 2 is 1.26 bits per heavy atom. The van der Waals surface area contributed by atoms with Crippen LogP contribution in [0.1, 0.15) is 68.1 Å². The second-order valence-electron chi connectivity index (χ2n) is 8.75. The van der Waals surface area contributed by atoms with Crippen LogP contribution in [0.25, 0.3) is 0 Å². The van der Waals surface area contributed by atoms with Crippen LogP contribution in [-0.2, 0) is 0 Å². The largest absolute Gasteiger partial charge is 0.182 e. The van der Waals surface area contributed by atoms with Crippen LogP contribution in [0.5, 0.6) is 0 Å². The van der Waals surface area contributed by atoms with Crippen LogP contribution in [0, 0.1) is 20.8 Å². The zero-order valence-electron chi connectivity index (χ0n) is 15.3. The molecule has 23 heavy (non-hydrogen) atoms. The lowest BCUT2D eigenvalue weighted by molar-refractivity contribution is 0.431. The van der Waals surface area contributed by atoms with Gasteiger partial charge >= 0.3 is 0 Å². The van der Waals surface area contributed by atoms with Crippen LogP contribution >= 0.6 is 0 Å². The third kappa shape index (κ3) is 2.81. The molecule has 1 aliphatic heterocycles. The van der Waals surface area contributed by atoms with Gasteiger partial charge in [0.05, 0.1) is 0 Å². The van der Waals surface area contributed by atoms with Crippen molar-refractivity contribution in [3.63, 3.8) is 0 Å². The van der Waals surface area contributed by atoms with Crippen LogP contribution < -0.4 is 5.46 Å². The van der Waals surface area contributed by atoms with Gasteiger partial charge in [-0.05, 0) is 20.8 Å². The highest BCUT2D eigenvalue weighted by Crippen LogP contribution is 2.56. The Kier molecular flexibility index (Phi) is 4.37. The van der Waals surface area contributed by atoms with E-state index >= 15 is 0 Å². The molecular formula is C21H31B2. The summed E-state index contributed by atoms with van der Waals surface area (Å²) in [6.07, 6.45) is 11.7. The van der Waals surface area contributed by atoms with Gasteiger partial charge in [-0.1, -0.05) is 109 Å². The Bertz CT molecular complexity index is 534. The summed E-state index contributed by atoms with van der Waals surface area (Å²) in [7, 11) is 2.84. The van der Waals surface area contributed by atoms with Gasteiger partial charge in [0, 0.05) is 0 Å². The fraction of sp³-hybridized carbons (Fsp3) is 0.714. The summed E-state index contributed by atoms with van der Waals surface area (Å²) in [5.74, 6) is 3.69. The minimum Gasteiger partial charge on any atom is -0.0738 e. The van der Waals surface area contributed by atoms with E-state index in [1.54, 1.807) is 16.6 Å². The fourth-order valence-electron chi connectivity index (χ4n) is 6.53. The maximum Gasteiger partial charge on any atom is 0.182 e. The third-order valence-electron chi connectivity index (χ3n) is 7.24. The summed E-state index contributed by atoms with van der Waals surface area (Å²) in [4.78, 5) is 0. The van der Waals surface area contributed by atoms with Crippen molar-refractivity contribution in [3.8, 4) is 0 Å². The van der Waals surface area contributed by atoms with Crippen molar-refractivity contribution in [2.24, 2.45) is 0 Å². The van der Waals surface area contributed by atoms with E-state index in [0.29, 0.717) is 0 Å². The summed E-state index contributed by atoms with van der Waals surface area (Å²) in [5, 5.41) is 0. The van der Waals surface area contributed by atoms with Gasteiger partial charge in [-0.3, -0.25) is 0 Å². The number of hydrogen-bond donors (Lipinski definition) is 0. The van der Waals surface area contributed by atoms with Crippen molar-refractivity contribution < 1.29 is 0 Å². The lowest BCUT2D eigenvalue weighted by Gasteiger charge is -2.50. The summed E-state index contributed by atoms with van der Waals surface area (Å²) < 4.78 is 0. The predicted octanol–water partition coefficient (Wildman–Crippen LogP) is 5.50. The first-order chi connectivity index (χ1) is 11.1. The van der Waals surface area contributed by atoms with Crippen molar-refractivity contribution in [2.45, 2.75) is 95.4 Å². The van der Waals surface area contributed by atoms with Crippen LogP contribution in [0.2, 0.25) is 23.3 Å². The minimum atomic E-state index is 0.844. The van der Waals surface area contributed by atoms with E-state index in [1.165, 1.54) is 56.9 Å². The smallest absolute Gasteiger partial charge is 0.0738 e. The van der Waals surface area contributed by atoms with Gasteiger partial charge in [0.15, 0.2) is 6.71 Å². The molecule has 4 atom stereocenters. The van der Waals surface area contributed by atoms with Gasteiger partial charge < -0.3 is 0 Å². The highest BCUT2D eigenvalue weighted by Gasteiger charge is 2.49. The molecule has 2 saturated carbocycles. The topological polar surface area (TPSA) is 0 Å². The Labute approximate surface area is 144 Å². The molecule has 1 aromatic carbocycles. The molecular weight excluding hydrogens is 274 g/mol. The number of hydrogen-bond acceptors (Lipinski definition) is 0. The van der Waals surface area contributed by atoms with Crippen molar-refractivity contribution in [1.82, 2.24) is 0 Å². The Hall–Kier alpha value is -0.650.